The number of nitrogens with one attached hydrogen (secondary N) is 1. The van der Waals surface area contributed by atoms with Crippen LogP contribution in [0.2, 0.25) is 0 Å². The first-order valence-electron chi connectivity index (χ1n) is 8.20. The lowest BCUT2D eigenvalue weighted by Crippen LogP contribution is -2.28. The van der Waals surface area contributed by atoms with Gasteiger partial charge in [-0.05, 0) is 49.1 Å². The van der Waals surface area contributed by atoms with Crippen LogP contribution in [0, 0.1) is 11.6 Å². The predicted molar refractivity (Wildman–Crippen MR) is 95.1 cm³/mol. The minimum atomic E-state index is -1.03. The number of carboxylic acid groups (broad SMARTS) is 1. The van der Waals surface area contributed by atoms with E-state index in [1.807, 2.05) is 0 Å². The molecule has 0 spiro atoms. The highest BCUT2D eigenvalue weighted by molar-refractivity contribution is 5.91. The smallest absolute Gasteiger partial charge is 0.313 e. The minimum Gasteiger partial charge on any atom is -0.481 e. The lowest BCUT2D eigenvalue weighted by Gasteiger charge is -2.20. The van der Waals surface area contributed by atoms with E-state index >= 15 is 0 Å². The highest BCUT2D eigenvalue weighted by Gasteiger charge is 2.29. The van der Waals surface area contributed by atoms with Gasteiger partial charge in [-0.1, -0.05) is 25.1 Å². The van der Waals surface area contributed by atoms with Crippen molar-refractivity contribution in [3.05, 3.63) is 65.2 Å². The summed E-state index contributed by atoms with van der Waals surface area (Å²) in [5.74, 6) is -3.01. The molecular weight excluding hydrogens is 340 g/mol. The fourth-order valence-corrected chi connectivity index (χ4v) is 2.59. The fourth-order valence-electron chi connectivity index (χ4n) is 2.59. The summed E-state index contributed by atoms with van der Waals surface area (Å²) in [4.78, 5) is 23.4. The van der Waals surface area contributed by atoms with E-state index in [4.69, 9.17) is 0 Å². The number of benzene rings is 2. The Morgan fingerprint density at radius 1 is 1.12 bits per heavy atom. The van der Waals surface area contributed by atoms with Crippen molar-refractivity contribution in [1.29, 1.82) is 0 Å². The van der Waals surface area contributed by atoms with E-state index in [0.717, 1.165) is 12.1 Å². The highest BCUT2D eigenvalue weighted by atomic mass is 19.1. The summed E-state index contributed by atoms with van der Waals surface area (Å²) in [6.07, 6.45) is 0.0327. The largest absolute Gasteiger partial charge is 0.481 e. The van der Waals surface area contributed by atoms with Crippen LogP contribution in [0.1, 0.15) is 44.2 Å². The Balaban J connectivity index is 2.02. The summed E-state index contributed by atoms with van der Waals surface area (Å²) >= 11 is 0. The van der Waals surface area contributed by atoms with E-state index in [1.165, 1.54) is 6.07 Å². The fraction of sp³-hybridized carbons (Fsp3) is 0.300. The maximum atomic E-state index is 13.8. The number of carboxylic acids is 1. The molecule has 1 amide bonds. The van der Waals surface area contributed by atoms with E-state index < -0.39 is 28.9 Å². The number of carbonyl (C=O) groups is 2. The molecular formula is C20H21F2NO3. The van der Waals surface area contributed by atoms with Crippen LogP contribution in [0.25, 0.3) is 0 Å². The molecule has 2 N–H and O–H groups in total. The molecule has 2 aromatic carbocycles. The lowest BCUT2D eigenvalue weighted by atomic mass is 9.85. The summed E-state index contributed by atoms with van der Waals surface area (Å²) in [6, 6.07) is 9.84. The van der Waals surface area contributed by atoms with Crippen molar-refractivity contribution in [3.63, 3.8) is 0 Å². The van der Waals surface area contributed by atoms with Crippen molar-refractivity contribution in [3.8, 4) is 0 Å². The average molecular weight is 361 g/mol. The van der Waals surface area contributed by atoms with Crippen LogP contribution >= 0.6 is 0 Å². The van der Waals surface area contributed by atoms with Gasteiger partial charge in [0, 0.05) is 18.2 Å². The van der Waals surface area contributed by atoms with Crippen molar-refractivity contribution < 1.29 is 23.5 Å². The zero-order chi connectivity index (χ0) is 19.5. The molecule has 6 heteroatoms. The van der Waals surface area contributed by atoms with E-state index in [1.54, 1.807) is 45.0 Å². The zero-order valence-corrected chi connectivity index (χ0v) is 14.8. The number of aliphatic carboxylic acids is 1. The van der Waals surface area contributed by atoms with Crippen molar-refractivity contribution in [1.82, 2.24) is 0 Å². The molecule has 0 heterocycles. The minimum absolute atomic E-state index is 0.0327. The number of hydrogen-bond acceptors (Lipinski definition) is 2. The monoisotopic (exact) mass is 361 g/mol. The summed E-state index contributed by atoms with van der Waals surface area (Å²) in [7, 11) is 0. The molecule has 0 aliphatic rings. The third-order valence-corrected chi connectivity index (χ3v) is 4.41. The van der Waals surface area contributed by atoms with Crippen LogP contribution in [0.5, 0.6) is 0 Å². The van der Waals surface area contributed by atoms with Crippen LogP contribution in [0.4, 0.5) is 14.5 Å². The van der Waals surface area contributed by atoms with Crippen molar-refractivity contribution >= 4 is 17.6 Å². The van der Waals surface area contributed by atoms with Gasteiger partial charge >= 0.3 is 5.97 Å². The molecule has 0 aliphatic heterocycles. The third kappa shape index (κ3) is 4.45. The number of anilines is 1. The van der Waals surface area contributed by atoms with Gasteiger partial charge in [-0.2, -0.15) is 0 Å². The molecule has 4 nitrogen and oxygen atoms in total. The quantitative estimate of drug-likeness (QED) is 0.798. The van der Waals surface area contributed by atoms with Gasteiger partial charge in [-0.3, -0.25) is 9.59 Å². The first kappa shape index (κ1) is 19.6. The molecule has 0 fully saturated rings. The number of rotatable bonds is 6. The highest BCUT2D eigenvalue weighted by Crippen LogP contribution is 2.26. The Kier molecular flexibility index (Phi) is 5.75. The molecule has 138 valence electrons. The topological polar surface area (TPSA) is 66.4 Å². The van der Waals surface area contributed by atoms with Crippen LogP contribution in [-0.4, -0.2) is 17.0 Å². The number of hydrogen-bond donors (Lipinski definition) is 2. The van der Waals surface area contributed by atoms with Crippen molar-refractivity contribution in [2.24, 2.45) is 0 Å². The van der Waals surface area contributed by atoms with Gasteiger partial charge in [-0.25, -0.2) is 8.78 Å². The van der Waals surface area contributed by atoms with Gasteiger partial charge in [0.05, 0.1) is 5.41 Å². The van der Waals surface area contributed by atoms with Crippen LogP contribution in [0.3, 0.4) is 0 Å². The van der Waals surface area contributed by atoms with Crippen molar-refractivity contribution in [2.75, 3.05) is 5.32 Å². The maximum absolute atomic E-state index is 13.8. The molecule has 26 heavy (non-hydrogen) atoms. The summed E-state index contributed by atoms with van der Waals surface area (Å²) in [5.41, 5.74) is 0.383. The van der Waals surface area contributed by atoms with E-state index in [-0.39, 0.29) is 17.9 Å². The lowest BCUT2D eigenvalue weighted by molar-refractivity contribution is -0.142. The number of amides is 1. The molecule has 1 atom stereocenters. The first-order chi connectivity index (χ1) is 12.1. The van der Waals surface area contributed by atoms with Gasteiger partial charge in [-0.15, -0.1) is 0 Å². The Labute approximate surface area is 150 Å². The molecule has 0 aliphatic carbocycles. The van der Waals surface area contributed by atoms with Gasteiger partial charge in [0.15, 0.2) is 0 Å². The van der Waals surface area contributed by atoms with Crippen molar-refractivity contribution in [2.45, 2.75) is 38.5 Å². The second kappa shape index (κ2) is 7.64. The van der Waals surface area contributed by atoms with Gasteiger partial charge in [0.2, 0.25) is 5.91 Å². The summed E-state index contributed by atoms with van der Waals surface area (Å²) in [6.45, 7) is 4.89. The molecule has 2 rings (SSSR count). The molecule has 0 bridgehead atoms. The molecule has 0 saturated carbocycles. The van der Waals surface area contributed by atoms with E-state index in [0.29, 0.717) is 11.3 Å². The summed E-state index contributed by atoms with van der Waals surface area (Å²) in [5, 5.41) is 11.9. The summed E-state index contributed by atoms with van der Waals surface area (Å²) < 4.78 is 26.8. The molecule has 1 unspecified atom stereocenters. The molecule has 0 aromatic heterocycles. The van der Waals surface area contributed by atoms with Crippen LogP contribution in [0.15, 0.2) is 42.5 Å². The predicted octanol–water partition coefficient (Wildman–Crippen LogP) is 4.46. The zero-order valence-electron chi connectivity index (χ0n) is 14.8. The standard InChI is InChI=1S/C20H21F2NO3/c1-12(16-9-6-14(21)11-17(16)22)10-18(24)23-15-7-4-13(5-8-15)20(2,3)19(25)26/h4-9,11-12H,10H2,1-3H3,(H,23,24)(H,25,26). The van der Waals surface area contributed by atoms with Gasteiger partial charge in [0.25, 0.3) is 0 Å². The Bertz CT molecular complexity index is 816. The van der Waals surface area contributed by atoms with Crippen LogP contribution in [-0.2, 0) is 15.0 Å². The van der Waals surface area contributed by atoms with Crippen LogP contribution < -0.4 is 5.32 Å². The molecule has 0 radical (unpaired) electrons. The Morgan fingerprint density at radius 2 is 1.73 bits per heavy atom. The number of carbonyl (C=O) groups excluding carboxylic acids is 1. The number of halogens is 2. The van der Waals surface area contributed by atoms with Gasteiger partial charge in [0.1, 0.15) is 11.6 Å². The average Bonchev–Trinajstić information content (AvgIpc) is 2.54. The van der Waals surface area contributed by atoms with E-state index in [9.17, 15) is 23.5 Å². The third-order valence-electron chi connectivity index (χ3n) is 4.41. The Morgan fingerprint density at radius 3 is 2.27 bits per heavy atom. The molecule has 0 saturated heterocycles. The Hall–Kier alpha value is -2.76. The second-order valence-electron chi connectivity index (χ2n) is 6.83. The van der Waals surface area contributed by atoms with E-state index in [2.05, 4.69) is 5.32 Å². The second-order valence-corrected chi connectivity index (χ2v) is 6.83. The molecule has 2 aromatic rings. The van der Waals surface area contributed by atoms with Gasteiger partial charge < -0.3 is 10.4 Å². The normalized spacial score (nSPS) is 12.5. The maximum Gasteiger partial charge on any atom is 0.313 e. The first-order valence-corrected chi connectivity index (χ1v) is 8.20. The SMILES string of the molecule is CC(CC(=O)Nc1ccc(C(C)(C)C(=O)O)cc1)c1ccc(F)cc1F.